The Morgan fingerprint density at radius 3 is 2.59 bits per heavy atom. The van der Waals surface area contributed by atoms with Crippen LogP contribution in [0, 0.1) is 0 Å². The number of primary amides is 1. The molecule has 2 amide bonds. The maximum Gasteiger partial charge on any atom is 0.246 e. The fourth-order valence-corrected chi connectivity index (χ4v) is 4.61. The summed E-state index contributed by atoms with van der Waals surface area (Å²) in [6.45, 7) is 12.0. The molecule has 0 radical (unpaired) electrons. The predicted octanol–water partition coefficient (Wildman–Crippen LogP) is 3.53. The fraction of sp³-hybridized carbons (Fsp3) is 0.520. The minimum Gasteiger partial charge on any atom is -0.489 e. The minimum absolute atomic E-state index is 0.0532. The molecule has 0 spiro atoms. The van der Waals surface area contributed by atoms with Crippen LogP contribution in [0.4, 0.5) is 4.39 Å². The molecule has 2 aliphatic carbocycles. The topological polar surface area (TPSA) is 75.9 Å². The molecular formula is C25H34FN3O3. The number of carbonyl (C=O) groups is 2. The Labute approximate surface area is 189 Å². The molecule has 32 heavy (non-hydrogen) atoms. The number of piperazine rings is 1. The fourth-order valence-electron chi connectivity index (χ4n) is 4.61. The second-order valence-corrected chi connectivity index (χ2v) is 8.93. The van der Waals surface area contributed by atoms with Crippen molar-refractivity contribution in [2.45, 2.75) is 58.6 Å². The zero-order chi connectivity index (χ0) is 23.4. The van der Waals surface area contributed by atoms with Gasteiger partial charge in [-0.3, -0.25) is 14.5 Å². The Hall–Kier alpha value is -2.67. The molecule has 0 aromatic rings. The van der Waals surface area contributed by atoms with E-state index in [1.165, 1.54) is 6.08 Å². The van der Waals surface area contributed by atoms with Gasteiger partial charge in [0.2, 0.25) is 11.8 Å². The van der Waals surface area contributed by atoms with Gasteiger partial charge in [-0.1, -0.05) is 6.58 Å². The molecule has 1 saturated heterocycles. The maximum atomic E-state index is 14.4. The predicted molar refractivity (Wildman–Crippen MR) is 123 cm³/mol. The quantitative estimate of drug-likeness (QED) is 0.611. The van der Waals surface area contributed by atoms with Gasteiger partial charge in [0.25, 0.3) is 0 Å². The van der Waals surface area contributed by atoms with E-state index in [0.29, 0.717) is 44.5 Å². The highest BCUT2D eigenvalue weighted by Gasteiger charge is 2.30. The van der Waals surface area contributed by atoms with E-state index >= 15 is 0 Å². The van der Waals surface area contributed by atoms with Crippen molar-refractivity contribution in [1.29, 1.82) is 0 Å². The van der Waals surface area contributed by atoms with E-state index in [9.17, 15) is 14.0 Å². The zero-order valence-electron chi connectivity index (χ0n) is 19.3. The molecule has 0 aromatic carbocycles. The smallest absolute Gasteiger partial charge is 0.246 e. The summed E-state index contributed by atoms with van der Waals surface area (Å²) in [4.78, 5) is 27.7. The van der Waals surface area contributed by atoms with Gasteiger partial charge in [0.15, 0.2) is 0 Å². The van der Waals surface area contributed by atoms with Crippen molar-refractivity contribution in [3.63, 3.8) is 0 Å². The molecule has 3 aliphatic rings. The number of ether oxygens (including phenoxy) is 1. The summed E-state index contributed by atoms with van der Waals surface area (Å²) >= 11 is 0. The second kappa shape index (κ2) is 10.3. The lowest BCUT2D eigenvalue weighted by Crippen LogP contribution is -2.55. The number of nitrogens with zero attached hydrogens (tertiary/aromatic N) is 2. The lowest BCUT2D eigenvalue weighted by Gasteiger charge is -2.41. The largest absolute Gasteiger partial charge is 0.489 e. The van der Waals surface area contributed by atoms with Crippen molar-refractivity contribution in [2.24, 2.45) is 5.73 Å². The van der Waals surface area contributed by atoms with Gasteiger partial charge in [-0.25, -0.2) is 4.39 Å². The lowest BCUT2D eigenvalue weighted by molar-refractivity contribution is -0.130. The highest BCUT2D eigenvalue weighted by molar-refractivity contribution is 5.93. The van der Waals surface area contributed by atoms with Gasteiger partial charge >= 0.3 is 0 Å². The average Bonchev–Trinajstić information content (AvgIpc) is 2.74. The first kappa shape index (κ1) is 24.0. The number of amides is 2. The average molecular weight is 444 g/mol. The van der Waals surface area contributed by atoms with Crippen LogP contribution < -0.4 is 5.73 Å². The molecule has 1 heterocycles. The number of allylic oxidation sites excluding steroid dienone is 6. The summed E-state index contributed by atoms with van der Waals surface area (Å²) in [5.74, 6) is 0.161. The molecular weight excluding hydrogens is 409 g/mol. The molecule has 0 saturated carbocycles. The van der Waals surface area contributed by atoms with E-state index in [1.54, 1.807) is 6.08 Å². The Balaban J connectivity index is 1.78. The van der Waals surface area contributed by atoms with Gasteiger partial charge in [0.1, 0.15) is 11.9 Å². The van der Waals surface area contributed by atoms with E-state index in [4.69, 9.17) is 10.5 Å². The molecule has 1 fully saturated rings. The Morgan fingerprint density at radius 1 is 1.25 bits per heavy atom. The first-order valence-corrected chi connectivity index (χ1v) is 11.3. The van der Waals surface area contributed by atoms with Crippen LogP contribution in [0.1, 0.15) is 46.5 Å². The van der Waals surface area contributed by atoms with Crippen LogP contribution in [0.2, 0.25) is 0 Å². The molecule has 3 rings (SSSR count). The molecule has 174 valence electrons. The van der Waals surface area contributed by atoms with Crippen molar-refractivity contribution < 1.29 is 18.7 Å². The molecule has 1 unspecified atom stereocenters. The third kappa shape index (κ3) is 5.57. The summed E-state index contributed by atoms with van der Waals surface area (Å²) in [5.41, 5.74) is 8.62. The van der Waals surface area contributed by atoms with Gasteiger partial charge in [0, 0.05) is 44.2 Å². The molecule has 1 aliphatic heterocycles. The van der Waals surface area contributed by atoms with Crippen LogP contribution in [0.25, 0.3) is 0 Å². The van der Waals surface area contributed by atoms with Crippen LogP contribution >= 0.6 is 0 Å². The van der Waals surface area contributed by atoms with E-state index in [-0.39, 0.29) is 23.9 Å². The summed E-state index contributed by atoms with van der Waals surface area (Å²) in [6.07, 6.45) is 7.12. The van der Waals surface area contributed by atoms with Crippen LogP contribution in [-0.2, 0) is 14.3 Å². The normalized spacial score (nSPS) is 23.5. The minimum atomic E-state index is -0.395. The Kier molecular flexibility index (Phi) is 7.72. The standard InChI is InChI=1S/C25H34FN3O3/c1-5-24(30)29-11-10-28(14-18(29)4)15-23(19-7-6-16(2)22(26)13-19)32-20-8-9-21(25(27)31)17(3)12-20/h5,12-13,18,23H,1,6-11,14-15H2,2-4H3,(H2,27,31)/t18-,23?/m1/s1. The second-order valence-electron chi connectivity index (χ2n) is 8.93. The van der Waals surface area contributed by atoms with Gasteiger partial charge in [-0.05, 0) is 75.0 Å². The highest BCUT2D eigenvalue weighted by Crippen LogP contribution is 2.32. The SMILES string of the molecule is C=CC(=O)N1CCN(CC(OC2=CC(C)=C(C(N)=O)CC2)C2=CC(F)=C(C)CC2)C[C@H]1C. The summed E-state index contributed by atoms with van der Waals surface area (Å²) < 4.78 is 20.8. The van der Waals surface area contributed by atoms with Crippen molar-refractivity contribution >= 4 is 11.8 Å². The third-order valence-corrected chi connectivity index (χ3v) is 6.58. The summed E-state index contributed by atoms with van der Waals surface area (Å²) in [7, 11) is 0. The van der Waals surface area contributed by atoms with E-state index in [2.05, 4.69) is 11.5 Å². The van der Waals surface area contributed by atoms with Gasteiger partial charge in [0.05, 0.1) is 5.76 Å². The zero-order valence-corrected chi connectivity index (χ0v) is 19.3. The van der Waals surface area contributed by atoms with E-state index in [1.807, 2.05) is 31.7 Å². The van der Waals surface area contributed by atoms with Crippen molar-refractivity contribution in [3.05, 3.63) is 58.7 Å². The van der Waals surface area contributed by atoms with E-state index < -0.39 is 5.91 Å². The van der Waals surface area contributed by atoms with Crippen LogP contribution in [0.5, 0.6) is 0 Å². The number of nitrogens with two attached hydrogens (primary N) is 1. The molecule has 2 atom stereocenters. The number of hydrogen-bond donors (Lipinski definition) is 1. The van der Waals surface area contributed by atoms with Crippen LogP contribution in [0.3, 0.4) is 0 Å². The first-order valence-electron chi connectivity index (χ1n) is 11.3. The molecule has 2 N–H and O–H groups in total. The highest BCUT2D eigenvalue weighted by atomic mass is 19.1. The number of halogens is 1. The molecule has 6 nitrogen and oxygen atoms in total. The van der Waals surface area contributed by atoms with Gasteiger partial charge in [-0.15, -0.1) is 0 Å². The van der Waals surface area contributed by atoms with Crippen LogP contribution in [-0.4, -0.2) is 59.9 Å². The third-order valence-electron chi connectivity index (χ3n) is 6.58. The maximum absolute atomic E-state index is 14.4. The van der Waals surface area contributed by atoms with Gasteiger partial charge < -0.3 is 15.4 Å². The monoisotopic (exact) mass is 443 g/mol. The summed E-state index contributed by atoms with van der Waals surface area (Å²) in [5, 5.41) is 0. The van der Waals surface area contributed by atoms with Crippen molar-refractivity contribution in [2.75, 3.05) is 26.2 Å². The number of carbonyl (C=O) groups excluding carboxylic acids is 2. The Morgan fingerprint density at radius 2 is 2.00 bits per heavy atom. The lowest BCUT2D eigenvalue weighted by atomic mass is 9.93. The molecule has 0 aromatic heterocycles. The number of hydrogen-bond acceptors (Lipinski definition) is 4. The van der Waals surface area contributed by atoms with Crippen LogP contribution in [0.15, 0.2) is 58.7 Å². The summed E-state index contributed by atoms with van der Waals surface area (Å²) in [6, 6.07) is 0.0614. The van der Waals surface area contributed by atoms with Gasteiger partial charge in [-0.2, -0.15) is 0 Å². The van der Waals surface area contributed by atoms with E-state index in [0.717, 1.165) is 35.4 Å². The first-order chi connectivity index (χ1) is 15.2. The van der Waals surface area contributed by atoms with Crippen molar-refractivity contribution in [3.8, 4) is 0 Å². The number of rotatable bonds is 7. The molecule has 0 bridgehead atoms. The molecule has 7 heteroatoms. The Bertz CT molecular complexity index is 915. The van der Waals surface area contributed by atoms with Crippen molar-refractivity contribution in [1.82, 2.24) is 9.80 Å².